The summed E-state index contributed by atoms with van der Waals surface area (Å²) in [5, 5.41) is 5.91. The average molecular weight is 270 g/mol. The van der Waals surface area contributed by atoms with Crippen LogP contribution in [0.25, 0.3) is 0 Å². The molecule has 1 aromatic rings. The molecule has 6 heteroatoms. The second kappa shape index (κ2) is 6.47. The number of alkyl halides is 2. The van der Waals surface area contributed by atoms with Crippen molar-refractivity contribution >= 4 is 5.91 Å². The monoisotopic (exact) mass is 270 g/mol. The van der Waals surface area contributed by atoms with Crippen molar-refractivity contribution in [3.05, 3.63) is 29.8 Å². The van der Waals surface area contributed by atoms with Gasteiger partial charge >= 0.3 is 6.61 Å². The van der Waals surface area contributed by atoms with Crippen LogP contribution in [0.5, 0.6) is 5.75 Å². The van der Waals surface area contributed by atoms with Crippen molar-refractivity contribution < 1.29 is 18.3 Å². The van der Waals surface area contributed by atoms with Crippen molar-refractivity contribution in [1.29, 1.82) is 0 Å². The minimum absolute atomic E-state index is 0.0133. The molecule has 1 saturated heterocycles. The van der Waals surface area contributed by atoms with E-state index in [9.17, 15) is 13.6 Å². The average Bonchev–Trinajstić information content (AvgIpc) is 2.32. The largest absolute Gasteiger partial charge is 0.435 e. The van der Waals surface area contributed by atoms with Crippen LogP contribution in [0.15, 0.2) is 24.3 Å². The van der Waals surface area contributed by atoms with E-state index in [-0.39, 0.29) is 11.7 Å². The van der Waals surface area contributed by atoms with Crippen molar-refractivity contribution in [3.8, 4) is 5.75 Å². The van der Waals surface area contributed by atoms with Gasteiger partial charge in [0.05, 0.1) is 0 Å². The summed E-state index contributed by atoms with van der Waals surface area (Å²) < 4.78 is 28.1. The Kier molecular flexibility index (Phi) is 4.68. The van der Waals surface area contributed by atoms with Gasteiger partial charge in [-0.3, -0.25) is 4.79 Å². The van der Waals surface area contributed by atoms with E-state index in [0.717, 1.165) is 18.7 Å². The van der Waals surface area contributed by atoms with E-state index in [1.165, 1.54) is 12.1 Å². The lowest BCUT2D eigenvalue weighted by atomic mass is 9.99. The summed E-state index contributed by atoms with van der Waals surface area (Å²) in [5.74, 6) is 0.562. The lowest BCUT2D eigenvalue weighted by molar-refractivity contribution is -0.122. The Morgan fingerprint density at radius 3 is 2.58 bits per heavy atom. The highest BCUT2D eigenvalue weighted by Crippen LogP contribution is 2.15. The molecule has 1 aromatic carbocycles. The maximum atomic E-state index is 12.0. The summed E-state index contributed by atoms with van der Waals surface area (Å²) in [6, 6.07) is 6.23. The van der Waals surface area contributed by atoms with Gasteiger partial charge < -0.3 is 15.4 Å². The van der Waals surface area contributed by atoms with Crippen LogP contribution in [0.1, 0.15) is 12.0 Å². The number of rotatable bonds is 6. The molecule has 104 valence electrons. The van der Waals surface area contributed by atoms with E-state index in [1.54, 1.807) is 12.1 Å². The van der Waals surface area contributed by atoms with Crippen molar-refractivity contribution in [2.24, 2.45) is 5.92 Å². The Hall–Kier alpha value is -1.69. The first-order valence-corrected chi connectivity index (χ1v) is 6.14. The third kappa shape index (κ3) is 4.48. The number of halogens is 2. The van der Waals surface area contributed by atoms with Crippen LogP contribution < -0.4 is 15.4 Å². The van der Waals surface area contributed by atoms with Crippen LogP contribution in [0.3, 0.4) is 0 Å². The zero-order valence-corrected chi connectivity index (χ0v) is 10.4. The molecule has 4 nitrogen and oxygen atoms in total. The first-order valence-electron chi connectivity index (χ1n) is 6.14. The molecule has 0 aromatic heterocycles. The highest BCUT2D eigenvalue weighted by Gasteiger charge is 2.19. The molecular formula is C13H16F2N2O2. The zero-order chi connectivity index (χ0) is 13.7. The minimum Gasteiger partial charge on any atom is -0.435 e. The zero-order valence-electron chi connectivity index (χ0n) is 10.4. The Morgan fingerprint density at radius 2 is 2.05 bits per heavy atom. The fraction of sp³-hybridized carbons (Fsp3) is 0.462. The molecule has 19 heavy (non-hydrogen) atoms. The van der Waals surface area contributed by atoms with Crippen molar-refractivity contribution in [3.63, 3.8) is 0 Å². The standard InChI is InChI=1S/C13H16F2N2O2/c14-13(15)19-11-3-1-9(2-4-11)8-17-12(18)5-10-6-16-7-10/h1-4,10,13,16H,5-8H2,(H,17,18). The van der Waals surface area contributed by atoms with Crippen molar-refractivity contribution in [2.75, 3.05) is 13.1 Å². The molecule has 1 amide bonds. The molecule has 0 spiro atoms. The van der Waals surface area contributed by atoms with Gasteiger partial charge in [-0.05, 0) is 36.7 Å². The smallest absolute Gasteiger partial charge is 0.387 e. The van der Waals surface area contributed by atoms with E-state index in [2.05, 4.69) is 15.4 Å². The number of carbonyl (C=O) groups is 1. The SMILES string of the molecule is O=C(CC1CNC1)NCc1ccc(OC(F)F)cc1. The van der Waals surface area contributed by atoms with Gasteiger partial charge in [-0.25, -0.2) is 0 Å². The van der Waals surface area contributed by atoms with Crippen LogP contribution >= 0.6 is 0 Å². The molecule has 0 unspecified atom stereocenters. The summed E-state index contributed by atoms with van der Waals surface area (Å²) in [4.78, 5) is 11.6. The molecule has 1 aliphatic heterocycles. The first kappa shape index (κ1) is 13.7. The molecule has 0 saturated carbocycles. The van der Waals surface area contributed by atoms with Gasteiger partial charge in [0.25, 0.3) is 0 Å². The Balaban J connectivity index is 1.74. The van der Waals surface area contributed by atoms with E-state index in [4.69, 9.17) is 0 Å². The molecule has 1 aliphatic rings. The Labute approximate surface area is 110 Å². The third-order valence-corrected chi connectivity index (χ3v) is 2.98. The molecule has 0 atom stereocenters. The number of ether oxygens (including phenoxy) is 1. The van der Waals surface area contributed by atoms with Crippen LogP contribution in [0.4, 0.5) is 8.78 Å². The minimum atomic E-state index is -2.82. The third-order valence-electron chi connectivity index (χ3n) is 2.98. The van der Waals surface area contributed by atoms with E-state index in [1.807, 2.05) is 0 Å². The summed E-state index contributed by atoms with van der Waals surface area (Å²) in [6.07, 6.45) is 0.527. The maximum Gasteiger partial charge on any atom is 0.387 e. The molecule has 2 N–H and O–H groups in total. The number of carbonyl (C=O) groups excluding carboxylic acids is 1. The number of nitrogens with one attached hydrogen (secondary N) is 2. The fourth-order valence-electron chi connectivity index (χ4n) is 1.82. The topological polar surface area (TPSA) is 50.4 Å². The number of benzene rings is 1. The maximum absolute atomic E-state index is 12.0. The number of hydrogen-bond donors (Lipinski definition) is 2. The highest BCUT2D eigenvalue weighted by atomic mass is 19.3. The summed E-state index contributed by atoms with van der Waals surface area (Å²) >= 11 is 0. The lowest BCUT2D eigenvalue weighted by Gasteiger charge is -2.26. The highest BCUT2D eigenvalue weighted by molar-refractivity contribution is 5.76. The summed E-state index contributed by atoms with van der Waals surface area (Å²) in [7, 11) is 0. The van der Waals surface area contributed by atoms with Gasteiger partial charge in [0.15, 0.2) is 0 Å². The van der Waals surface area contributed by atoms with Crippen LogP contribution in [-0.4, -0.2) is 25.6 Å². The van der Waals surface area contributed by atoms with E-state index in [0.29, 0.717) is 18.9 Å². The Morgan fingerprint density at radius 1 is 1.37 bits per heavy atom. The second-order valence-electron chi connectivity index (χ2n) is 4.53. The van der Waals surface area contributed by atoms with Gasteiger partial charge in [0.2, 0.25) is 5.91 Å². The molecule has 0 radical (unpaired) electrons. The Bertz CT molecular complexity index is 419. The lowest BCUT2D eigenvalue weighted by Crippen LogP contribution is -2.44. The van der Waals surface area contributed by atoms with Gasteiger partial charge in [0.1, 0.15) is 5.75 Å². The molecular weight excluding hydrogens is 254 g/mol. The van der Waals surface area contributed by atoms with Gasteiger partial charge in [-0.15, -0.1) is 0 Å². The summed E-state index contributed by atoms with van der Waals surface area (Å²) in [6.45, 7) is -0.629. The molecule has 2 rings (SSSR count). The van der Waals surface area contributed by atoms with Crippen molar-refractivity contribution in [1.82, 2.24) is 10.6 Å². The quantitative estimate of drug-likeness (QED) is 0.824. The summed E-state index contributed by atoms with van der Waals surface area (Å²) in [5.41, 5.74) is 0.849. The first-order chi connectivity index (χ1) is 9.13. The van der Waals surface area contributed by atoms with Gasteiger partial charge in [-0.2, -0.15) is 8.78 Å². The fourth-order valence-corrected chi connectivity index (χ4v) is 1.82. The van der Waals surface area contributed by atoms with Crippen LogP contribution in [0.2, 0.25) is 0 Å². The van der Waals surface area contributed by atoms with E-state index < -0.39 is 6.61 Å². The normalized spacial score (nSPS) is 15.1. The van der Waals surface area contributed by atoms with E-state index >= 15 is 0 Å². The van der Waals surface area contributed by atoms with Gasteiger partial charge in [-0.1, -0.05) is 12.1 Å². The predicted octanol–water partition coefficient (Wildman–Crippen LogP) is 1.51. The molecule has 1 heterocycles. The number of amides is 1. The van der Waals surface area contributed by atoms with Gasteiger partial charge in [0, 0.05) is 13.0 Å². The van der Waals surface area contributed by atoms with Crippen LogP contribution in [-0.2, 0) is 11.3 Å². The second-order valence-corrected chi connectivity index (χ2v) is 4.53. The number of hydrogen-bond acceptors (Lipinski definition) is 3. The predicted molar refractivity (Wildman–Crippen MR) is 65.9 cm³/mol. The molecule has 1 fully saturated rings. The van der Waals surface area contributed by atoms with Crippen LogP contribution in [0, 0.1) is 5.92 Å². The molecule has 0 aliphatic carbocycles. The molecule has 0 bridgehead atoms. The van der Waals surface area contributed by atoms with Crippen molar-refractivity contribution in [2.45, 2.75) is 19.6 Å².